The second kappa shape index (κ2) is 6.85. The van der Waals surface area contributed by atoms with Gasteiger partial charge in [-0.2, -0.15) is 4.37 Å². The Labute approximate surface area is 120 Å². The van der Waals surface area contributed by atoms with E-state index < -0.39 is 0 Å². The molecular formula is C13H15BrN2OS. The molecule has 0 atom stereocenters. The fourth-order valence-corrected chi connectivity index (χ4v) is 2.41. The third kappa shape index (κ3) is 3.53. The number of alkyl halides is 1. The van der Waals surface area contributed by atoms with Crippen LogP contribution in [0.3, 0.4) is 0 Å². The minimum Gasteiger partial charge on any atom is -0.494 e. The van der Waals surface area contributed by atoms with Gasteiger partial charge in [-0.3, -0.25) is 0 Å². The van der Waals surface area contributed by atoms with Gasteiger partial charge in [0, 0.05) is 5.56 Å². The Hall–Kier alpha value is -0.940. The Morgan fingerprint density at radius 1 is 1.28 bits per heavy atom. The molecule has 1 heterocycles. The molecule has 0 saturated carbocycles. The van der Waals surface area contributed by atoms with Crippen LogP contribution in [-0.4, -0.2) is 16.0 Å². The van der Waals surface area contributed by atoms with Crippen LogP contribution in [0.25, 0.3) is 11.4 Å². The second-order valence-corrected chi connectivity index (χ2v) is 5.27. The summed E-state index contributed by atoms with van der Waals surface area (Å²) in [6, 6.07) is 7.95. The zero-order valence-corrected chi connectivity index (χ0v) is 12.6. The lowest BCUT2D eigenvalue weighted by atomic mass is 10.2. The van der Waals surface area contributed by atoms with Crippen molar-refractivity contribution >= 4 is 27.5 Å². The summed E-state index contributed by atoms with van der Waals surface area (Å²) in [6.07, 6.45) is 2.24. The van der Waals surface area contributed by atoms with Gasteiger partial charge >= 0.3 is 0 Å². The summed E-state index contributed by atoms with van der Waals surface area (Å²) < 4.78 is 9.94. The van der Waals surface area contributed by atoms with E-state index in [4.69, 9.17) is 4.74 Å². The number of aromatic nitrogens is 2. The predicted molar refractivity (Wildman–Crippen MR) is 78.4 cm³/mol. The molecule has 1 aromatic heterocycles. The van der Waals surface area contributed by atoms with E-state index in [9.17, 15) is 0 Å². The third-order valence-electron chi connectivity index (χ3n) is 2.46. The molecule has 0 spiro atoms. The van der Waals surface area contributed by atoms with E-state index in [0.29, 0.717) is 0 Å². The molecule has 0 radical (unpaired) electrons. The maximum atomic E-state index is 5.62. The van der Waals surface area contributed by atoms with E-state index in [0.717, 1.165) is 46.9 Å². The summed E-state index contributed by atoms with van der Waals surface area (Å²) in [5, 5.41) is 1.75. The first-order chi connectivity index (χ1) is 8.83. The maximum absolute atomic E-state index is 5.62. The van der Waals surface area contributed by atoms with Crippen LogP contribution in [0.1, 0.15) is 24.8 Å². The molecule has 0 saturated heterocycles. The predicted octanol–water partition coefficient (Wildman–Crippen LogP) is 4.28. The zero-order chi connectivity index (χ0) is 12.8. The van der Waals surface area contributed by atoms with Crippen molar-refractivity contribution in [3.05, 3.63) is 29.3 Å². The summed E-state index contributed by atoms with van der Waals surface area (Å²) in [6.45, 7) is 2.93. The Balaban J connectivity index is 2.02. The van der Waals surface area contributed by atoms with Crippen molar-refractivity contribution in [3.8, 4) is 17.1 Å². The van der Waals surface area contributed by atoms with Gasteiger partial charge in [0.1, 0.15) is 10.8 Å². The molecule has 1 aromatic carbocycles. The van der Waals surface area contributed by atoms with Crippen LogP contribution in [0, 0.1) is 0 Å². The third-order valence-corrected chi connectivity index (χ3v) is 4.07. The Kier molecular flexibility index (Phi) is 5.13. The highest BCUT2D eigenvalue weighted by Crippen LogP contribution is 2.22. The van der Waals surface area contributed by atoms with Gasteiger partial charge in [0.25, 0.3) is 0 Å². The molecule has 0 unspecified atom stereocenters. The molecule has 2 rings (SSSR count). The van der Waals surface area contributed by atoms with Gasteiger partial charge in [0.05, 0.1) is 11.9 Å². The molecule has 5 heteroatoms. The molecule has 0 bridgehead atoms. The first-order valence-electron chi connectivity index (χ1n) is 5.95. The Morgan fingerprint density at radius 3 is 2.67 bits per heavy atom. The van der Waals surface area contributed by atoms with Gasteiger partial charge in [0.15, 0.2) is 5.82 Å². The summed E-state index contributed by atoms with van der Waals surface area (Å²) in [4.78, 5) is 4.42. The minimum atomic E-state index is 0.753. The van der Waals surface area contributed by atoms with Crippen molar-refractivity contribution in [1.82, 2.24) is 9.36 Å². The van der Waals surface area contributed by atoms with Crippen molar-refractivity contribution < 1.29 is 4.74 Å². The molecule has 0 fully saturated rings. The van der Waals surface area contributed by atoms with Crippen molar-refractivity contribution in [2.75, 3.05) is 6.61 Å². The molecule has 0 aliphatic carbocycles. The zero-order valence-electron chi connectivity index (χ0n) is 10.2. The topological polar surface area (TPSA) is 35.0 Å². The van der Waals surface area contributed by atoms with E-state index in [2.05, 4.69) is 32.2 Å². The fourth-order valence-electron chi connectivity index (χ4n) is 1.46. The SMILES string of the molecule is CCCCOc1ccc(-c2nsc(CBr)n2)cc1. The highest BCUT2D eigenvalue weighted by atomic mass is 79.9. The lowest BCUT2D eigenvalue weighted by Crippen LogP contribution is -1.96. The number of hydrogen-bond acceptors (Lipinski definition) is 4. The molecule has 3 nitrogen and oxygen atoms in total. The van der Waals surface area contributed by atoms with Crippen molar-refractivity contribution in [3.63, 3.8) is 0 Å². The number of benzene rings is 1. The second-order valence-electron chi connectivity index (χ2n) is 3.87. The highest BCUT2D eigenvalue weighted by Gasteiger charge is 2.05. The van der Waals surface area contributed by atoms with E-state index in [1.54, 1.807) is 0 Å². The largest absolute Gasteiger partial charge is 0.494 e. The van der Waals surface area contributed by atoms with Crippen LogP contribution in [-0.2, 0) is 5.33 Å². The van der Waals surface area contributed by atoms with E-state index >= 15 is 0 Å². The van der Waals surface area contributed by atoms with E-state index in [-0.39, 0.29) is 0 Å². The van der Waals surface area contributed by atoms with Crippen molar-refractivity contribution in [1.29, 1.82) is 0 Å². The molecular weight excluding hydrogens is 312 g/mol. The van der Waals surface area contributed by atoms with E-state index in [1.165, 1.54) is 11.5 Å². The van der Waals surface area contributed by atoms with Crippen molar-refractivity contribution in [2.24, 2.45) is 0 Å². The number of hydrogen-bond donors (Lipinski definition) is 0. The highest BCUT2D eigenvalue weighted by molar-refractivity contribution is 9.08. The normalized spacial score (nSPS) is 10.6. The van der Waals surface area contributed by atoms with Crippen LogP contribution >= 0.6 is 27.5 Å². The lowest BCUT2D eigenvalue weighted by molar-refractivity contribution is 0.309. The van der Waals surface area contributed by atoms with Crippen LogP contribution < -0.4 is 4.74 Å². The van der Waals surface area contributed by atoms with Gasteiger partial charge in [-0.15, -0.1) is 0 Å². The van der Waals surface area contributed by atoms with Crippen LogP contribution in [0.4, 0.5) is 0 Å². The molecule has 0 amide bonds. The first kappa shape index (κ1) is 13.5. The number of unbranched alkanes of at least 4 members (excludes halogenated alkanes) is 1. The first-order valence-corrected chi connectivity index (χ1v) is 7.84. The summed E-state index contributed by atoms with van der Waals surface area (Å²) in [5.74, 6) is 1.69. The van der Waals surface area contributed by atoms with Gasteiger partial charge in [-0.25, -0.2) is 4.98 Å². The number of rotatable bonds is 6. The monoisotopic (exact) mass is 326 g/mol. The molecule has 0 N–H and O–H groups in total. The van der Waals surface area contributed by atoms with Crippen LogP contribution in [0.5, 0.6) is 5.75 Å². The average Bonchev–Trinajstić information content (AvgIpc) is 2.89. The molecule has 18 heavy (non-hydrogen) atoms. The fraction of sp³-hybridized carbons (Fsp3) is 0.385. The van der Waals surface area contributed by atoms with Gasteiger partial charge < -0.3 is 4.74 Å². The molecule has 0 aliphatic heterocycles. The Morgan fingerprint density at radius 2 is 2.06 bits per heavy atom. The molecule has 0 aliphatic rings. The lowest BCUT2D eigenvalue weighted by Gasteiger charge is -2.05. The van der Waals surface area contributed by atoms with Crippen LogP contribution in [0.15, 0.2) is 24.3 Å². The smallest absolute Gasteiger partial charge is 0.173 e. The molecule has 2 aromatic rings. The summed E-state index contributed by atoms with van der Waals surface area (Å²) in [7, 11) is 0. The number of nitrogens with zero attached hydrogens (tertiary/aromatic N) is 2. The van der Waals surface area contributed by atoms with Gasteiger partial charge in [0.2, 0.25) is 0 Å². The standard InChI is InChI=1S/C13H15BrN2OS/c1-2-3-8-17-11-6-4-10(5-7-11)13-15-12(9-14)18-16-13/h4-7H,2-3,8-9H2,1H3. The minimum absolute atomic E-state index is 0.753. The number of halogens is 1. The van der Waals surface area contributed by atoms with Gasteiger partial charge in [-0.1, -0.05) is 29.3 Å². The quantitative estimate of drug-likeness (QED) is 0.587. The molecule has 96 valence electrons. The maximum Gasteiger partial charge on any atom is 0.173 e. The van der Waals surface area contributed by atoms with Crippen LogP contribution in [0.2, 0.25) is 0 Å². The number of ether oxygens (including phenoxy) is 1. The Bertz CT molecular complexity index is 484. The van der Waals surface area contributed by atoms with Crippen molar-refractivity contribution in [2.45, 2.75) is 25.1 Å². The summed E-state index contributed by atoms with van der Waals surface area (Å²) in [5.41, 5.74) is 1.03. The van der Waals surface area contributed by atoms with Gasteiger partial charge in [-0.05, 0) is 42.2 Å². The van der Waals surface area contributed by atoms with E-state index in [1.807, 2.05) is 24.3 Å². The summed E-state index contributed by atoms with van der Waals surface area (Å²) >= 11 is 4.80. The average molecular weight is 327 g/mol.